The number of carbonyl (C=O) groups excluding carboxylic acids is 1. The fourth-order valence-electron chi connectivity index (χ4n) is 3.68. The minimum absolute atomic E-state index is 0. The molecular formula is C14H27Cl2N3O2. The largest absolute Gasteiger partial charge is 0.366 e. The van der Waals surface area contributed by atoms with Gasteiger partial charge in [-0.1, -0.05) is 6.92 Å². The second kappa shape index (κ2) is 8.53. The normalized spacial score (nSPS) is 32.8. The van der Waals surface area contributed by atoms with E-state index in [0.29, 0.717) is 25.2 Å². The smallest absolute Gasteiger partial charge is 0.253 e. The van der Waals surface area contributed by atoms with Crippen LogP contribution in [0.15, 0.2) is 0 Å². The maximum atomic E-state index is 12.7. The van der Waals surface area contributed by atoms with Crippen molar-refractivity contribution in [2.24, 2.45) is 0 Å². The molecule has 2 bridgehead atoms. The monoisotopic (exact) mass is 339 g/mol. The quantitative estimate of drug-likeness (QED) is 0.812. The Hall–Kier alpha value is -0.0700. The van der Waals surface area contributed by atoms with E-state index in [4.69, 9.17) is 4.74 Å². The third-order valence-corrected chi connectivity index (χ3v) is 4.77. The number of hydrogen-bond acceptors (Lipinski definition) is 4. The molecule has 5 nitrogen and oxygen atoms in total. The summed E-state index contributed by atoms with van der Waals surface area (Å²) < 4.78 is 5.64. The molecule has 0 spiro atoms. The molecule has 1 N–H and O–H groups in total. The molecule has 3 fully saturated rings. The molecule has 0 radical (unpaired) electrons. The van der Waals surface area contributed by atoms with Crippen molar-refractivity contribution >= 4 is 30.7 Å². The molecule has 3 unspecified atom stereocenters. The van der Waals surface area contributed by atoms with E-state index >= 15 is 0 Å². The molecule has 3 heterocycles. The van der Waals surface area contributed by atoms with Crippen LogP contribution in [0.3, 0.4) is 0 Å². The van der Waals surface area contributed by atoms with Gasteiger partial charge < -0.3 is 19.9 Å². The molecule has 0 saturated carbocycles. The van der Waals surface area contributed by atoms with Gasteiger partial charge in [-0.2, -0.15) is 0 Å². The summed E-state index contributed by atoms with van der Waals surface area (Å²) in [7, 11) is 0. The van der Waals surface area contributed by atoms with Crippen molar-refractivity contribution in [1.29, 1.82) is 0 Å². The summed E-state index contributed by atoms with van der Waals surface area (Å²) in [6, 6.07) is 0.852. The summed E-state index contributed by atoms with van der Waals surface area (Å²) in [5.41, 5.74) is 0. The molecule has 3 aliphatic rings. The average molecular weight is 340 g/mol. The molecule has 3 atom stereocenters. The summed E-state index contributed by atoms with van der Waals surface area (Å²) in [4.78, 5) is 17.3. The van der Waals surface area contributed by atoms with E-state index in [2.05, 4.69) is 22.0 Å². The molecule has 3 rings (SSSR count). The van der Waals surface area contributed by atoms with Crippen LogP contribution in [0.1, 0.15) is 26.2 Å². The van der Waals surface area contributed by atoms with E-state index in [0.717, 1.165) is 39.0 Å². The number of fused-ring (bicyclic) bond motifs is 2. The fourth-order valence-corrected chi connectivity index (χ4v) is 3.68. The molecule has 1 amide bonds. The van der Waals surface area contributed by atoms with E-state index < -0.39 is 0 Å². The molecule has 3 aliphatic heterocycles. The first-order valence-electron chi connectivity index (χ1n) is 7.66. The molecular weight excluding hydrogens is 313 g/mol. The van der Waals surface area contributed by atoms with Crippen molar-refractivity contribution in [2.45, 2.75) is 44.4 Å². The Labute approximate surface area is 139 Å². The van der Waals surface area contributed by atoms with E-state index in [1.165, 1.54) is 6.42 Å². The maximum absolute atomic E-state index is 12.7. The summed E-state index contributed by atoms with van der Waals surface area (Å²) in [5, 5.41) is 3.26. The van der Waals surface area contributed by atoms with Crippen LogP contribution in [0.4, 0.5) is 0 Å². The van der Waals surface area contributed by atoms with Crippen molar-refractivity contribution in [3.63, 3.8) is 0 Å². The number of likely N-dealkylation sites (N-methyl/N-ethyl adjacent to an activating group) is 1. The highest BCUT2D eigenvalue weighted by molar-refractivity contribution is 5.85. The Kier molecular flexibility index (Phi) is 7.71. The molecule has 21 heavy (non-hydrogen) atoms. The van der Waals surface area contributed by atoms with Crippen LogP contribution in [-0.2, 0) is 9.53 Å². The van der Waals surface area contributed by atoms with Crippen LogP contribution >= 0.6 is 24.8 Å². The predicted molar refractivity (Wildman–Crippen MR) is 87.5 cm³/mol. The number of morpholine rings is 1. The molecule has 7 heteroatoms. The first-order valence-corrected chi connectivity index (χ1v) is 7.66. The number of nitrogens with zero attached hydrogens (tertiary/aromatic N) is 2. The molecule has 0 aliphatic carbocycles. The number of amides is 1. The van der Waals surface area contributed by atoms with Gasteiger partial charge in [-0.15, -0.1) is 24.8 Å². The number of halogens is 2. The van der Waals surface area contributed by atoms with Crippen LogP contribution in [-0.4, -0.2) is 73.2 Å². The average Bonchev–Trinajstić information content (AvgIpc) is 2.74. The Morgan fingerprint density at radius 3 is 2.67 bits per heavy atom. The number of likely N-dealkylation sites (tertiary alicyclic amines) is 1. The van der Waals surface area contributed by atoms with Gasteiger partial charge in [-0.3, -0.25) is 4.79 Å². The molecule has 0 aromatic rings. The van der Waals surface area contributed by atoms with Gasteiger partial charge in [0.1, 0.15) is 6.10 Å². The zero-order chi connectivity index (χ0) is 13.2. The molecule has 3 saturated heterocycles. The van der Waals surface area contributed by atoms with Crippen molar-refractivity contribution in [1.82, 2.24) is 15.1 Å². The Morgan fingerprint density at radius 1 is 1.24 bits per heavy atom. The highest BCUT2D eigenvalue weighted by Crippen LogP contribution is 2.31. The topological polar surface area (TPSA) is 44.8 Å². The SMILES string of the molecule is CCN1CCC2CCC(C1)N2C(=O)C1CNCCO1.Cl.Cl. The molecule has 0 aromatic carbocycles. The number of rotatable bonds is 2. The van der Waals surface area contributed by atoms with Gasteiger partial charge in [0, 0.05) is 38.3 Å². The number of nitrogens with one attached hydrogen (secondary N) is 1. The standard InChI is InChI=1S/C14H25N3O2.2ClH/c1-2-16-7-5-11-3-4-12(10-16)17(11)14(18)13-9-15-6-8-19-13;;/h11-13,15H,2-10H2,1H3;2*1H. The van der Waals surface area contributed by atoms with Gasteiger partial charge in [0.25, 0.3) is 5.91 Å². The highest BCUT2D eigenvalue weighted by atomic mass is 35.5. The van der Waals surface area contributed by atoms with Gasteiger partial charge in [-0.25, -0.2) is 0 Å². The van der Waals surface area contributed by atoms with Crippen LogP contribution in [0.2, 0.25) is 0 Å². The maximum Gasteiger partial charge on any atom is 0.253 e. The summed E-state index contributed by atoms with van der Waals surface area (Å²) in [5.74, 6) is 0.220. The second-order valence-electron chi connectivity index (χ2n) is 5.88. The van der Waals surface area contributed by atoms with Gasteiger partial charge in [0.05, 0.1) is 6.61 Å². The zero-order valence-corrected chi connectivity index (χ0v) is 14.3. The molecule has 124 valence electrons. The van der Waals surface area contributed by atoms with E-state index in [9.17, 15) is 4.79 Å². The minimum atomic E-state index is -0.259. The van der Waals surface area contributed by atoms with Crippen molar-refractivity contribution in [3.8, 4) is 0 Å². The Balaban J connectivity index is 0.00000110. The third kappa shape index (κ3) is 4.02. The summed E-state index contributed by atoms with van der Waals surface area (Å²) in [6.45, 7) is 7.66. The predicted octanol–water partition coefficient (Wildman–Crippen LogP) is 0.904. The lowest BCUT2D eigenvalue weighted by Gasteiger charge is -2.33. The summed E-state index contributed by atoms with van der Waals surface area (Å²) >= 11 is 0. The first kappa shape index (κ1) is 19.0. The lowest BCUT2D eigenvalue weighted by molar-refractivity contribution is -0.148. The Morgan fingerprint density at radius 2 is 2.00 bits per heavy atom. The van der Waals surface area contributed by atoms with E-state index in [1.54, 1.807) is 0 Å². The first-order chi connectivity index (χ1) is 9.29. The van der Waals surface area contributed by atoms with Crippen molar-refractivity contribution < 1.29 is 9.53 Å². The zero-order valence-electron chi connectivity index (χ0n) is 12.6. The Bertz CT molecular complexity index is 340. The lowest BCUT2D eigenvalue weighted by atomic mass is 10.1. The van der Waals surface area contributed by atoms with Crippen LogP contribution in [0.25, 0.3) is 0 Å². The van der Waals surface area contributed by atoms with E-state index in [-0.39, 0.29) is 36.8 Å². The van der Waals surface area contributed by atoms with Gasteiger partial charge in [-0.05, 0) is 25.8 Å². The van der Waals surface area contributed by atoms with Crippen LogP contribution in [0.5, 0.6) is 0 Å². The number of ether oxygens (including phenoxy) is 1. The lowest BCUT2D eigenvalue weighted by Crippen LogP contribution is -2.53. The van der Waals surface area contributed by atoms with Crippen LogP contribution < -0.4 is 5.32 Å². The summed E-state index contributed by atoms with van der Waals surface area (Å²) in [6.07, 6.45) is 3.20. The van der Waals surface area contributed by atoms with Gasteiger partial charge >= 0.3 is 0 Å². The molecule has 0 aromatic heterocycles. The van der Waals surface area contributed by atoms with Crippen LogP contribution in [0, 0.1) is 0 Å². The number of hydrogen-bond donors (Lipinski definition) is 1. The minimum Gasteiger partial charge on any atom is -0.366 e. The van der Waals surface area contributed by atoms with Crippen molar-refractivity contribution in [3.05, 3.63) is 0 Å². The fraction of sp³-hybridized carbons (Fsp3) is 0.929. The number of carbonyl (C=O) groups is 1. The highest BCUT2D eigenvalue weighted by Gasteiger charge is 2.42. The van der Waals surface area contributed by atoms with E-state index in [1.807, 2.05) is 0 Å². The van der Waals surface area contributed by atoms with Gasteiger partial charge in [0.15, 0.2) is 0 Å². The van der Waals surface area contributed by atoms with Crippen molar-refractivity contribution in [2.75, 3.05) is 39.3 Å². The van der Waals surface area contributed by atoms with Gasteiger partial charge in [0.2, 0.25) is 0 Å². The third-order valence-electron chi connectivity index (χ3n) is 4.77. The second-order valence-corrected chi connectivity index (χ2v) is 5.88.